The maximum atomic E-state index is 5.90. The van der Waals surface area contributed by atoms with Crippen molar-refractivity contribution in [1.82, 2.24) is 5.32 Å². The van der Waals surface area contributed by atoms with Crippen LogP contribution in [0.2, 0.25) is 0 Å². The van der Waals surface area contributed by atoms with Crippen LogP contribution in [0.1, 0.15) is 12.8 Å². The van der Waals surface area contributed by atoms with Crippen LogP contribution in [0.4, 0.5) is 0 Å². The molecule has 0 aliphatic carbocycles. The van der Waals surface area contributed by atoms with Gasteiger partial charge in [0.1, 0.15) is 6.61 Å². The fourth-order valence-corrected chi connectivity index (χ4v) is 2.42. The molecule has 5 heteroatoms. The van der Waals surface area contributed by atoms with Crippen LogP contribution in [0.3, 0.4) is 0 Å². The molecule has 0 radical (unpaired) electrons. The van der Waals surface area contributed by atoms with Crippen molar-refractivity contribution in [3.63, 3.8) is 0 Å². The average Bonchev–Trinajstić information content (AvgIpc) is 2.92. The molecule has 20 heavy (non-hydrogen) atoms. The molecule has 0 aromatic heterocycles. The monoisotopic (exact) mass is 281 g/mol. The molecule has 1 aromatic carbocycles. The first kappa shape index (κ1) is 14.9. The number of hydrogen-bond donors (Lipinski definition) is 1. The number of benzene rings is 1. The molecule has 1 fully saturated rings. The van der Waals surface area contributed by atoms with E-state index in [1.54, 1.807) is 14.2 Å². The highest BCUT2D eigenvalue weighted by atomic mass is 16.6. The van der Waals surface area contributed by atoms with Crippen LogP contribution in [-0.4, -0.2) is 46.6 Å². The Kier molecular flexibility index (Phi) is 5.49. The highest BCUT2D eigenvalue weighted by Crippen LogP contribution is 2.37. The Morgan fingerprint density at radius 3 is 2.40 bits per heavy atom. The van der Waals surface area contributed by atoms with E-state index in [0.29, 0.717) is 23.9 Å². The van der Waals surface area contributed by atoms with Crippen molar-refractivity contribution < 1.29 is 18.9 Å². The van der Waals surface area contributed by atoms with E-state index in [1.807, 2.05) is 25.2 Å². The topological polar surface area (TPSA) is 49.0 Å². The van der Waals surface area contributed by atoms with E-state index in [4.69, 9.17) is 18.9 Å². The second-order valence-electron chi connectivity index (χ2n) is 4.82. The van der Waals surface area contributed by atoms with Crippen LogP contribution in [0.15, 0.2) is 18.2 Å². The zero-order chi connectivity index (χ0) is 14.4. The van der Waals surface area contributed by atoms with Crippen molar-refractivity contribution in [3.05, 3.63) is 18.2 Å². The van der Waals surface area contributed by atoms with Gasteiger partial charge in [0.2, 0.25) is 5.75 Å². The van der Waals surface area contributed by atoms with E-state index in [1.165, 1.54) is 0 Å². The number of para-hydroxylation sites is 1. The van der Waals surface area contributed by atoms with Crippen molar-refractivity contribution >= 4 is 0 Å². The van der Waals surface area contributed by atoms with Crippen molar-refractivity contribution in [2.75, 3.05) is 34.4 Å². The largest absolute Gasteiger partial charge is 0.493 e. The van der Waals surface area contributed by atoms with Crippen LogP contribution in [0.25, 0.3) is 0 Å². The van der Waals surface area contributed by atoms with E-state index in [0.717, 1.165) is 19.4 Å². The minimum atomic E-state index is 0.128. The SMILES string of the molecule is CNCC1CCC(COc2c(OC)cccc2OC)O1. The van der Waals surface area contributed by atoms with Gasteiger partial charge in [-0.1, -0.05) is 6.07 Å². The van der Waals surface area contributed by atoms with E-state index < -0.39 is 0 Å². The third-order valence-corrected chi connectivity index (χ3v) is 3.42. The van der Waals surface area contributed by atoms with Gasteiger partial charge >= 0.3 is 0 Å². The normalized spacial score (nSPS) is 21.8. The summed E-state index contributed by atoms with van der Waals surface area (Å²) in [5.74, 6) is 1.99. The van der Waals surface area contributed by atoms with E-state index in [-0.39, 0.29) is 12.2 Å². The Morgan fingerprint density at radius 2 is 1.80 bits per heavy atom. The molecule has 2 rings (SSSR count). The van der Waals surface area contributed by atoms with Gasteiger partial charge in [0.25, 0.3) is 0 Å². The summed E-state index contributed by atoms with van der Waals surface area (Å²) < 4.78 is 22.4. The number of rotatable bonds is 7. The minimum Gasteiger partial charge on any atom is -0.493 e. The molecule has 0 bridgehead atoms. The van der Waals surface area contributed by atoms with Crippen molar-refractivity contribution in [3.8, 4) is 17.2 Å². The van der Waals surface area contributed by atoms with E-state index in [2.05, 4.69) is 5.32 Å². The third-order valence-electron chi connectivity index (χ3n) is 3.42. The maximum absolute atomic E-state index is 5.90. The first-order chi connectivity index (χ1) is 9.78. The number of methoxy groups -OCH3 is 2. The van der Waals surface area contributed by atoms with Crippen LogP contribution in [0.5, 0.6) is 17.2 Å². The Hall–Kier alpha value is -1.46. The highest BCUT2D eigenvalue weighted by Gasteiger charge is 2.26. The molecule has 1 saturated heterocycles. The number of hydrogen-bond acceptors (Lipinski definition) is 5. The molecule has 1 aromatic rings. The lowest BCUT2D eigenvalue weighted by atomic mass is 10.2. The van der Waals surface area contributed by atoms with Gasteiger partial charge in [-0.3, -0.25) is 0 Å². The first-order valence-corrected chi connectivity index (χ1v) is 6.92. The standard InChI is InChI=1S/C15H23NO4/c1-16-9-11-7-8-12(20-11)10-19-15-13(17-2)5-4-6-14(15)18-3/h4-6,11-12,16H,7-10H2,1-3H3. The Morgan fingerprint density at radius 1 is 1.15 bits per heavy atom. The summed E-state index contributed by atoms with van der Waals surface area (Å²) in [5, 5.41) is 3.13. The van der Waals surface area contributed by atoms with E-state index in [9.17, 15) is 0 Å². The molecule has 2 unspecified atom stereocenters. The van der Waals surface area contributed by atoms with Gasteiger partial charge in [-0.05, 0) is 32.0 Å². The van der Waals surface area contributed by atoms with Crippen molar-refractivity contribution in [2.45, 2.75) is 25.0 Å². The van der Waals surface area contributed by atoms with E-state index >= 15 is 0 Å². The molecule has 1 aliphatic rings. The molecule has 1 N–H and O–H groups in total. The van der Waals surface area contributed by atoms with Gasteiger partial charge in [-0.15, -0.1) is 0 Å². The number of ether oxygens (including phenoxy) is 4. The minimum absolute atomic E-state index is 0.128. The zero-order valence-electron chi connectivity index (χ0n) is 12.3. The predicted octanol–water partition coefficient (Wildman–Crippen LogP) is 1.85. The summed E-state index contributed by atoms with van der Waals surface area (Å²) in [6.07, 6.45) is 2.50. The molecule has 0 saturated carbocycles. The zero-order valence-corrected chi connectivity index (χ0v) is 12.3. The lowest BCUT2D eigenvalue weighted by molar-refractivity contribution is 0.0183. The third kappa shape index (κ3) is 3.55. The Labute approximate surface area is 120 Å². The lowest BCUT2D eigenvalue weighted by Gasteiger charge is -2.17. The smallest absolute Gasteiger partial charge is 0.203 e. The molecule has 1 aliphatic heterocycles. The molecule has 5 nitrogen and oxygen atoms in total. The van der Waals surface area contributed by atoms with Crippen molar-refractivity contribution in [2.24, 2.45) is 0 Å². The maximum Gasteiger partial charge on any atom is 0.203 e. The van der Waals surface area contributed by atoms with Gasteiger partial charge in [0, 0.05) is 6.54 Å². The number of nitrogens with one attached hydrogen (secondary N) is 1. The summed E-state index contributed by atoms with van der Waals surface area (Å²) in [6.45, 7) is 1.39. The lowest BCUT2D eigenvalue weighted by Crippen LogP contribution is -2.26. The predicted molar refractivity (Wildman–Crippen MR) is 76.9 cm³/mol. The average molecular weight is 281 g/mol. The number of likely N-dealkylation sites (N-methyl/N-ethyl adjacent to an activating group) is 1. The molecule has 1 heterocycles. The van der Waals surface area contributed by atoms with Gasteiger partial charge < -0.3 is 24.3 Å². The fourth-order valence-electron chi connectivity index (χ4n) is 2.42. The van der Waals surface area contributed by atoms with Crippen molar-refractivity contribution in [1.29, 1.82) is 0 Å². The van der Waals surface area contributed by atoms with Crippen LogP contribution < -0.4 is 19.5 Å². The summed E-state index contributed by atoms with van der Waals surface area (Å²) in [4.78, 5) is 0. The molecular formula is C15H23NO4. The second-order valence-corrected chi connectivity index (χ2v) is 4.82. The van der Waals surface area contributed by atoms with Crippen LogP contribution >= 0.6 is 0 Å². The Balaban J connectivity index is 1.94. The van der Waals surface area contributed by atoms with Crippen LogP contribution in [-0.2, 0) is 4.74 Å². The van der Waals surface area contributed by atoms with Gasteiger partial charge in [-0.25, -0.2) is 0 Å². The molecule has 0 amide bonds. The summed E-state index contributed by atoms with van der Waals surface area (Å²) in [7, 11) is 5.18. The fraction of sp³-hybridized carbons (Fsp3) is 0.600. The summed E-state index contributed by atoms with van der Waals surface area (Å²) >= 11 is 0. The molecule has 0 spiro atoms. The first-order valence-electron chi connectivity index (χ1n) is 6.92. The molecule has 112 valence electrons. The second kappa shape index (κ2) is 7.36. The molecular weight excluding hydrogens is 258 g/mol. The molecule has 2 atom stereocenters. The quantitative estimate of drug-likeness (QED) is 0.826. The summed E-state index contributed by atoms with van der Waals surface area (Å²) in [6, 6.07) is 5.59. The Bertz CT molecular complexity index is 402. The summed E-state index contributed by atoms with van der Waals surface area (Å²) in [5.41, 5.74) is 0. The van der Waals surface area contributed by atoms with Gasteiger partial charge in [0.05, 0.1) is 26.4 Å². The van der Waals surface area contributed by atoms with Gasteiger partial charge in [-0.2, -0.15) is 0 Å². The van der Waals surface area contributed by atoms with Gasteiger partial charge in [0.15, 0.2) is 11.5 Å². The highest BCUT2D eigenvalue weighted by molar-refractivity contribution is 5.51. The van der Waals surface area contributed by atoms with Crippen LogP contribution in [0, 0.1) is 0 Å².